The maximum absolute atomic E-state index is 11.5. The van der Waals surface area contributed by atoms with Gasteiger partial charge in [0.25, 0.3) is 5.91 Å². The predicted octanol–water partition coefficient (Wildman–Crippen LogP) is 0.339. The number of amides is 1. The summed E-state index contributed by atoms with van der Waals surface area (Å²) in [6.45, 7) is -0.0206. The first kappa shape index (κ1) is 11.9. The molecule has 0 fully saturated rings. The van der Waals surface area contributed by atoms with Crippen LogP contribution in [0.3, 0.4) is 0 Å². The molecule has 94 valence electrons. The van der Waals surface area contributed by atoms with Crippen molar-refractivity contribution in [1.82, 2.24) is 15.1 Å². The van der Waals surface area contributed by atoms with E-state index in [0.717, 1.165) is 0 Å². The Hall–Kier alpha value is -2.57. The molecule has 2 aromatic rings. The van der Waals surface area contributed by atoms with Gasteiger partial charge in [0.2, 0.25) is 0 Å². The number of aromatic nitrogens is 2. The van der Waals surface area contributed by atoms with E-state index in [1.165, 1.54) is 6.07 Å². The first-order valence-electron chi connectivity index (χ1n) is 5.21. The number of hydrogen-bond acceptors (Lipinski definition) is 4. The Balaban J connectivity index is 1.97. The number of nitrogens with zero attached hydrogens (tertiary/aromatic N) is 2. The number of aliphatic carboxylic acids is 1. The first-order chi connectivity index (χ1) is 8.65. The molecule has 0 bridgehead atoms. The average molecular weight is 249 g/mol. The van der Waals surface area contributed by atoms with Crippen LogP contribution in [0.2, 0.25) is 0 Å². The largest absolute Gasteiger partial charge is 0.480 e. The molecule has 18 heavy (non-hydrogen) atoms. The summed E-state index contributed by atoms with van der Waals surface area (Å²) in [5, 5.41) is 14.6. The first-order valence-corrected chi connectivity index (χ1v) is 5.21. The van der Waals surface area contributed by atoms with Crippen molar-refractivity contribution in [2.45, 2.75) is 6.54 Å². The smallest absolute Gasteiger partial charge is 0.322 e. The molecule has 0 saturated carbocycles. The zero-order valence-corrected chi connectivity index (χ0v) is 9.37. The lowest BCUT2D eigenvalue weighted by Gasteiger charge is -1.99. The van der Waals surface area contributed by atoms with Crippen molar-refractivity contribution in [3.8, 4) is 0 Å². The highest BCUT2D eigenvalue weighted by Crippen LogP contribution is 2.09. The average Bonchev–Trinajstić information content (AvgIpc) is 2.98. The molecule has 0 unspecified atom stereocenters. The maximum atomic E-state index is 11.5. The second-order valence-corrected chi connectivity index (χ2v) is 3.55. The maximum Gasteiger partial charge on any atom is 0.322 e. The molecule has 2 N–H and O–H groups in total. The second kappa shape index (κ2) is 5.17. The predicted molar refractivity (Wildman–Crippen MR) is 60.0 cm³/mol. The van der Waals surface area contributed by atoms with Crippen molar-refractivity contribution in [2.24, 2.45) is 0 Å². The minimum atomic E-state index is -1.10. The number of carboxylic acids is 1. The van der Waals surface area contributed by atoms with Crippen LogP contribution in [-0.4, -0.2) is 33.3 Å². The van der Waals surface area contributed by atoms with E-state index in [2.05, 4.69) is 10.4 Å². The Morgan fingerprint density at radius 2 is 2.28 bits per heavy atom. The lowest BCUT2D eigenvalue weighted by Crippen LogP contribution is -2.28. The molecule has 0 spiro atoms. The van der Waals surface area contributed by atoms with Crippen molar-refractivity contribution in [2.75, 3.05) is 6.54 Å². The van der Waals surface area contributed by atoms with Crippen molar-refractivity contribution >= 4 is 11.9 Å². The Morgan fingerprint density at radius 3 is 2.94 bits per heavy atom. The van der Waals surface area contributed by atoms with Crippen molar-refractivity contribution in [3.63, 3.8) is 0 Å². The number of carboxylic acid groups (broad SMARTS) is 1. The van der Waals surface area contributed by atoms with Crippen LogP contribution < -0.4 is 5.32 Å². The van der Waals surface area contributed by atoms with Gasteiger partial charge in [-0.05, 0) is 18.2 Å². The van der Waals surface area contributed by atoms with Crippen molar-refractivity contribution < 1.29 is 19.1 Å². The highest BCUT2D eigenvalue weighted by atomic mass is 16.4. The fraction of sp³-hybridized carbons (Fsp3) is 0.182. The van der Waals surface area contributed by atoms with Crippen LogP contribution >= 0.6 is 0 Å². The van der Waals surface area contributed by atoms with Crippen LogP contribution in [0.1, 0.15) is 16.3 Å². The minimum absolute atomic E-state index is 0.0819. The van der Waals surface area contributed by atoms with Gasteiger partial charge in [0, 0.05) is 12.4 Å². The molecule has 1 amide bonds. The van der Waals surface area contributed by atoms with Gasteiger partial charge in [0.1, 0.15) is 12.3 Å². The van der Waals surface area contributed by atoms with E-state index < -0.39 is 18.4 Å². The van der Waals surface area contributed by atoms with Gasteiger partial charge < -0.3 is 14.8 Å². The fourth-order valence-electron chi connectivity index (χ4n) is 1.38. The van der Waals surface area contributed by atoms with E-state index in [-0.39, 0.29) is 5.76 Å². The van der Waals surface area contributed by atoms with E-state index in [4.69, 9.17) is 9.52 Å². The second-order valence-electron chi connectivity index (χ2n) is 3.55. The molecule has 2 aromatic heterocycles. The summed E-state index contributed by atoms with van der Waals surface area (Å²) in [5.74, 6) is -1.01. The Morgan fingerprint density at radius 1 is 1.44 bits per heavy atom. The Bertz CT molecular complexity index is 544. The number of furan rings is 1. The molecule has 2 rings (SSSR count). The number of rotatable bonds is 5. The Labute approximate surface area is 102 Å². The zero-order valence-electron chi connectivity index (χ0n) is 9.37. The fourth-order valence-corrected chi connectivity index (χ4v) is 1.38. The van der Waals surface area contributed by atoms with E-state index in [1.807, 2.05) is 0 Å². The normalized spacial score (nSPS) is 10.2. The number of carbonyl (C=O) groups is 2. The van der Waals surface area contributed by atoms with Gasteiger partial charge >= 0.3 is 5.97 Å². The lowest BCUT2D eigenvalue weighted by molar-refractivity contribution is -0.135. The van der Waals surface area contributed by atoms with Crippen LogP contribution in [0.25, 0.3) is 0 Å². The third-order valence-corrected chi connectivity index (χ3v) is 2.16. The highest BCUT2D eigenvalue weighted by molar-refractivity contribution is 5.93. The molecule has 0 radical (unpaired) electrons. The van der Waals surface area contributed by atoms with Crippen LogP contribution in [0, 0.1) is 0 Å². The van der Waals surface area contributed by atoms with E-state index in [0.29, 0.717) is 12.3 Å². The topological polar surface area (TPSA) is 97.4 Å². The number of carbonyl (C=O) groups excluding carboxylic acids is 1. The van der Waals surface area contributed by atoms with E-state index in [9.17, 15) is 9.59 Å². The summed E-state index contributed by atoms with van der Waals surface area (Å²) < 4.78 is 6.94. The summed E-state index contributed by atoms with van der Waals surface area (Å²) >= 11 is 0. The van der Waals surface area contributed by atoms with Gasteiger partial charge in [-0.15, -0.1) is 0 Å². The van der Waals surface area contributed by atoms with Crippen LogP contribution in [0.4, 0.5) is 0 Å². The van der Waals surface area contributed by atoms with Gasteiger partial charge in [0.05, 0.1) is 6.54 Å². The third-order valence-electron chi connectivity index (χ3n) is 2.16. The standard InChI is InChI=1S/C11H11N3O4/c15-10(16)6-12-11(17)9-3-2-8(18-9)7-14-5-1-4-13-14/h1-5H,6-7H2,(H,12,17)(H,15,16). The molecule has 0 aliphatic carbocycles. The summed E-state index contributed by atoms with van der Waals surface area (Å²) in [7, 11) is 0. The quantitative estimate of drug-likeness (QED) is 0.796. The van der Waals surface area contributed by atoms with Crippen LogP contribution in [0.5, 0.6) is 0 Å². The molecule has 2 heterocycles. The van der Waals surface area contributed by atoms with Crippen LogP contribution in [-0.2, 0) is 11.3 Å². The Kier molecular flexibility index (Phi) is 3.42. The number of nitrogens with one attached hydrogen (secondary N) is 1. The summed E-state index contributed by atoms with van der Waals surface area (Å²) in [6.07, 6.45) is 3.41. The van der Waals surface area contributed by atoms with E-state index >= 15 is 0 Å². The zero-order chi connectivity index (χ0) is 13.0. The molecule has 7 nitrogen and oxygen atoms in total. The van der Waals surface area contributed by atoms with Gasteiger partial charge in [-0.25, -0.2) is 0 Å². The molecular formula is C11H11N3O4. The number of hydrogen-bond donors (Lipinski definition) is 2. The van der Waals surface area contributed by atoms with Gasteiger partial charge in [-0.2, -0.15) is 5.10 Å². The SMILES string of the molecule is O=C(O)CNC(=O)c1ccc(Cn2cccn2)o1. The minimum Gasteiger partial charge on any atom is -0.480 e. The summed E-state index contributed by atoms with van der Waals surface area (Å²) in [4.78, 5) is 21.8. The van der Waals surface area contributed by atoms with Gasteiger partial charge in [-0.1, -0.05) is 0 Å². The highest BCUT2D eigenvalue weighted by Gasteiger charge is 2.12. The molecule has 0 saturated heterocycles. The summed E-state index contributed by atoms with van der Waals surface area (Å²) in [5.41, 5.74) is 0. The molecule has 0 atom stereocenters. The van der Waals surface area contributed by atoms with Gasteiger partial charge in [-0.3, -0.25) is 14.3 Å². The van der Waals surface area contributed by atoms with Crippen LogP contribution in [0.15, 0.2) is 35.0 Å². The summed E-state index contributed by atoms with van der Waals surface area (Å²) in [6, 6.07) is 4.93. The molecular weight excluding hydrogens is 238 g/mol. The monoisotopic (exact) mass is 249 g/mol. The van der Waals surface area contributed by atoms with Crippen molar-refractivity contribution in [3.05, 3.63) is 42.1 Å². The lowest BCUT2D eigenvalue weighted by atomic mass is 10.4. The molecule has 7 heteroatoms. The molecule has 0 aliphatic heterocycles. The van der Waals surface area contributed by atoms with Gasteiger partial charge in [0.15, 0.2) is 5.76 Å². The van der Waals surface area contributed by atoms with E-state index in [1.54, 1.807) is 29.2 Å². The third kappa shape index (κ3) is 2.97. The van der Waals surface area contributed by atoms with Crippen molar-refractivity contribution in [1.29, 1.82) is 0 Å². The molecule has 0 aliphatic rings. The molecule has 0 aromatic carbocycles.